The molecule has 1 saturated carbocycles. The van der Waals surface area contributed by atoms with Crippen LogP contribution in [0.2, 0.25) is 0 Å². The topological polar surface area (TPSA) is 26.3 Å². The Hall–Kier alpha value is -1.31. The van der Waals surface area contributed by atoms with Crippen molar-refractivity contribution in [3.05, 3.63) is 35.4 Å². The molecule has 2 heteroatoms. The molecule has 2 atom stereocenters. The van der Waals surface area contributed by atoms with Gasteiger partial charge in [0, 0.05) is 6.42 Å². The van der Waals surface area contributed by atoms with Gasteiger partial charge < -0.3 is 4.74 Å². The van der Waals surface area contributed by atoms with Crippen LogP contribution in [0.15, 0.2) is 24.3 Å². The maximum Gasteiger partial charge on any atom is 0.309 e. The first-order valence-corrected chi connectivity index (χ1v) is 11.0. The molecule has 1 aliphatic heterocycles. The van der Waals surface area contributed by atoms with Gasteiger partial charge in [0.1, 0.15) is 6.10 Å². The highest BCUT2D eigenvalue weighted by Gasteiger charge is 2.34. The summed E-state index contributed by atoms with van der Waals surface area (Å²) in [6, 6.07) is 9.00. The Kier molecular flexibility index (Phi) is 7.16. The fourth-order valence-corrected chi connectivity index (χ4v) is 4.79. The fourth-order valence-electron chi connectivity index (χ4n) is 4.79. The lowest BCUT2D eigenvalue weighted by atomic mass is 9.77. The number of carbonyl (C=O) groups is 1. The minimum atomic E-state index is -0.0248. The van der Waals surface area contributed by atoms with Crippen molar-refractivity contribution in [3.63, 3.8) is 0 Å². The molecule has 144 valence electrons. The summed E-state index contributed by atoms with van der Waals surface area (Å²) in [5.41, 5.74) is 2.66. The van der Waals surface area contributed by atoms with Gasteiger partial charge in [0.2, 0.25) is 0 Å². The van der Waals surface area contributed by atoms with E-state index >= 15 is 0 Å². The Bertz CT molecular complexity index is 554. The zero-order valence-electron chi connectivity index (χ0n) is 16.7. The lowest BCUT2D eigenvalue weighted by Gasteiger charge is -2.29. The van der Waals surface area contributed by atoms with E-state index in [1.165, 1.54) is 56.1 Å². The summed E-state index contributed by atoms with van der Waals surface area (Å²) >= 11 is 0. The molecular formula is C24H36O2. The van der Waals surface area contributed by atoms with E-state index in [4.69, 9.17) is 4.74 Å². The molecule has 0 spiro atoms. The van der Waals surface area contributed by atoms with Crippen molar-refractivity contribution in [2.75, 3.05) is 0 Å². The Morgan fingerprint density at radius 1 is 0.885 bits per heavy atom. The van der Waals surface area contributed by atoms with Crippen molar-refractivity contribution < 1.29 is 9.53 Å². The van der Waals surface area contributed by atoms with Crippen LogP contribution in [0, 0.1) is 11.8 Å². The number of carbonyl (C=O) groups excluding carboxylic acids is 1. The number of benzene rings is 1. The first-order valence-electron chi connectivity index (χ1n) is 11.0. The van der Waals surface area contributed by atoms with Gasteiger partial charge in [-0.1, -0.05) is 70.2 Å². The molecule has 1 heterocycles. The number of cyclic esters (lactones) is 1. The molecule has 1 aromatic carbocycles. The van der Waals surface area contributed by atoms with Gasteiger partial charge in [0.25, 0.3) is 0 Å². The zero-order chi connectivity index (χ0) is 18.4. The Balaban J connectivity index is 1.52. The van der Waals surface area contributed by atoms with Crippen LogP contribution >= 0.6 is 0 Å². The molecule has 2 aliphatic rings. The largest absolute Gasteiger partial charge is 0.457 e. The second kappa shape index (κ2) is 9.58. The maximum absolute atomic E-state index is 12.1. The molecule has 2 nitrogen and oxygen atoms in total. The summed E-state index contributed by atoms with van der Waals surface area (Å²) in [4.78, 5) is 12.1. The van der Waals surface area contributed by atoms with Crippen LogP contribution < -0.4 is 0 Å². The monoisotopic (exact) mass is 356 g/mol. The molecule has 1 aromatic rings. The van der Waals surface area contributed by atoms with E-state index in [0.717, 1.165) is 37.5 Å². The molecule has 0 amide bonds. The van der Waals surface area contributed by atoms with Crippen molar-refractivity contribution >= 4 is 5.97 Å². The molecule has 0 N–H and O–H groups in total. The van der Waals surface area contributed by atoms with E-state index in [9.17, 15) is 4.79 Å². The molecule has 2 fully saturated rings. The van der Waals surface area contributed by atoms with E-state index in [2.05, 4.69) is 38.1 Å². The first-order chi connectivity index (χ1) is 12.7. The summed E-state index contributed by atoms with van der Waals surface area (Å²) in [7, 11) is 0. The SMILES string of the molecule is CCCCC1CCC(c2ccc(C3CC(CCCC)C(=O)O3)cc2)CC1. The van der Waals surface area contributed by atoms with E-state index in [-0.39, 0.29) is 18.0 Å². The predicted octanol–water partition coefficient (Wildman–Crippen LogP) is 6.95. The average Bonchev–Trinajstić information content (AvgIpc) is 3.06. The Morgan fingerprint density at radius 2 is 1.50 bits per heavy atom. The highest BCUT2D eigenvalue weighted by molar-refractivity contribution is 5.74. The van der Waals surface area contributed by atoms with Crippen LogP contribution in [-0.2, 0) is 9.53 Å². The minimum Gasteiger partial charge on any atom is -0.457 e. The van der Waals surface area contributed by atoms with Gasteiger partial charge in [-0.3, -0.25) is 4.79 Å². The molecule has 3 rings (SSSR count). The molecule has 0 aromatic heterocycles. The second-order valence-electron chi connectivity index (χ2n) is 8.53. The third-order valence-electron chi connectivity index (χ3n) is 6.59. The van der Waals surface area contributed by atoms with Gasteiger partial charge in [-0.05, 0) is 55.1 Å². The highest BCUT2D eigenvalue weighted by atomic mass is 16.5. The van der Waals surface area contributed by atoms with Crippen LogP contribution in [0.5, 0.6) is 0 Å². The second-order valence-corrected chi connectivity index (χ2v) is 8.53. The van der Waals surface area contributed by atoms with Crippen molar-refractivity contribution in [3.8, 4) is 0 Å². The summed E-state index contributed by atoms with van der Waals surface area (Å²) in [5.74, 6) is 1.81. The number of unbranched alkanes of at least 4 members (excludes halogenated alkanes) is 2. The molecule has 0 radical (unpaired) electrons. The predicted molar refractivity (Wildman–Crippen MR) is 107 cm³/mol. The molecule has 26 heavy (non-hydrogen) atoms. The number of esters is 1. The molecule has 0 bridgehead atoms. The number of hydrogen-bond donors (Lipinski definition) is 0. The van der Waals surface area contributed by atoms with E-state index in [1.807, 2.05) is 0 Å². The number of ether oxygens (including phenoxy) is 1. The van der Waals surface area contributed by atoms with E-state index in [0.29, 0.717) is 0 Å². The van der Waals surface area contributed by atoms with E-state index < -0.39 is 0 Å². The van der Waals surface area contributed by atoms with Crippen LogP contribution in [0.3, 0.4) is 0 Å². The lowest BCUT2D eigenvalue weighted by molar-refractivity contribution is -0.144. The van der Waals surface area contributed by atoms with Crippen LogP contribution in [0.1, 0.15) is 108 Å². The smallest absolute Gasteiger partial charge is 0.309 e. The van der Waals surface area contributed by atoms with Crippen LogP contribution in [0.4, 0.5) is 0 Å². The Morgan fingerprint density at radius 3 is 2.15 bits per heavy atom. The molecule has 1 saturated heterocycles. The van der Waals surface area contributed by atoms with Crippen molar-refractivity contribution in [1.82, 2.24) is 0 Å². The molecule has 2 unspecified atom stereocenters. The summed E-state index contributed by atoms with van der Waals surface area (Å²) in [6.07, 6.45) is 13.7. The van der Waals surface area contributed by atoms with Crippen LogP contribution in [-0.4, -0.2) is 5.97 Å². The standard InChI is InChI=1S/C24H36O2/c1-3-5-7-18-9-11-19(12-10-18)20-13-15-21(16-14-20)23-17-22(8-6-4-2)24(25)26-23/h13-16,18-19,22-23H,3-12,17H2,1-2H3. The number of rotatable bonds is 8. The molecule has 1 aliphatic carbocycles. The third-order valence-corrected chi connectivity index (χ3v) is 6.59. The molecular weight excluding hydrogens is 320 g/mol. The summed E-state index contributed by atoms with van der Waals surface area (Å²) < 4.78 is 5.66. The van der Waals surface area contributed by atoms with Gasteiger partial charge in [-0.25, -0.2) is 0 Å². The van der Waals surface area contributed by atoms with E-state index in [1.54, 1.807) is 0 Å². The minimum absolute atomic E-state index is 0.0120. The van der Waals surface area contributed by atoms with Crippen molar-refractivity contribution in [2.45, 2.75) is 96.5 Å². The van der Waals surface area contributed by atoms with Gasteiger partial charge >= 0.3 is 5.97 Å². The highest BCUT2D eigenvalue weighted by Crippen LogP contribution is 2.39. The Labute approximate surface area is 159 Å². The number of hydrogen-bond acceptors (Lipinski definition) is 2. The first kappa shape index (κ1) is 19.5. The normalized spacial score (nSPS) is 28.9. The van der Waals surface area contributed by atoms with Gasteiger partial charge in [0.05, 0.1) is 5.92 Å². The van der Waals surface area contributed by atoms with Gasteiger partial charge in [-0.2, -0.15) is 0 Å². The summed E-state index contributed by atoms with van der Waals surface area (Å²) in [5, 5.41) is 0. The van der Waals surface area contributed by atoms with Gasteiger partial charge in [-0.15, -0.1) is 0 Å². The quantitative estimate of drug-likeness (QED) is 0.471. The maximum atomic E-state index is 12.1. The van der Waals surface area contributed by atoms with Crippen molar-refractivity contribution in [2.24, 2.45) is 11.8 Å². The summed E-state index contributed by atoms with van der Waals surface area (Å²) in [6.45, 7) is 4.47. The van der Waals surface area contributed by atoms with Crippen molar-refractivity contribution in [1.29, 1.82) is 0 Å². The van der Waals surface area contributed by atoms with Crippen LogP contribution in [0.25, 0.3) is 0 Å². The van der Waals surface area contributed by atoms with Gasteiger partial charge in [0.15, 0.2) is 0 Å². The third kappa shape index (κ3) is 4.90. The lowest BCUT2D eigenvalue weighted by Crippen LogP contribution is -2.13. The fraction of sp³-hybridized carbons (Fsp3) is 0.708. The zero-order valence-corrected chi connectivity index (χ0v) is 16.7. The average molecular weight is 357 g/mol.